The fraction of sp³-hybridized carbons (Fsp3) is 0.741. The van der Waals surface area contributed by atoms with Gasteiger partial charge in [0.1, 0.15) is 23.4 Å². The van der Waals surface area contributed by atoms with E-state index in [1.807, 2.05) is 24.3 Å². The number of hydrogen-bond donors (Lipinski definition) is 2. The Morgan fingerprint density at radius 3 is 1.33 bits per heavy atom. The van der Waals surface area contributed by atoms with Crippen LogP contribution in [0.2, 0.25) is 0 Å². The normalized spacial score (nSPS) is 50.0. The van der Waals surface area contributed by atoms with Gasteiger partial charge in [0.05, 0.1) is 12.8 Å². The predicted octanol–water partition coefficient (Wildman–Crippen LogP) is 10.1. The van der Waals surface area contributed by atoms with E-state index < -0.39 is 11.2 Å². The van der Waals surface area contributed by atoms with Crippen molar-refractivity contribution >= 4 is 11.9 Å². The van der Waals surface area contributed by atoms with Crippen molar-refractivity contribution in [2.45, 2.75) is 180 Å². The Kier molecular flexibility index (Phi) is 10.1. The number of benzene rings is 1. The molecule has 6 nitrogen and oxygen atoms in total. The number of fused-ring (bicyclic) bond motifs is 2. The van der Waals surface area contributed by atoms with Crippen molar-refractivity contribution in [1.82, 2.24) is 0 Å². The highest BCUT2D eigenvalue weighted by atomic mass is 16.5. The van der Waals surface area contributed by atoms with Crippen LogP contribution >= 0.6 is 0 Å². The van der Waals surface area contributed by atoms with Crippen molar-refractivity contribution in [3.8, 4) is 23.7 Å². The minimum absolute atomic E-state index is 0.0401. The lowest BCUT2D eigenvalue weighted by Crippen LogP contribution is -2.56. The molecule has 16 rings (SSSR count). The van der Waals surface area contributed by atoms with E-state index in [1.54, 1.807) is 12.2 Å². The zero-order valence-electron chi connectivity index (χ0n) is 36.9. The average molecular weight is 815 g/mol. The van der Waals surface area contributed by atoms with Gasteiger partial charge in [0, 0.05) is 22.0 Å². The molecule has 15 aliphatic rings. The monoisotopic (exact) mass is 815 g/mol. The van der Waals surface area contributed by atoms with E-state index in [2.05, 4.69) is 51.4 Å². The van der Waals surface area contributed by atoms with Gasteiger partial charge in [0.15, 0.2) is 0 Å². The minimum Gasteiger partial charge on any atom is -0.462 e. The Morgan fingerprint density at radius 1 is 0.517 bits per heavy atom. The molecule has 7 aliphatic heterocycles. The third kappa shape index (κ3) is 6.41. The first-order valence-corrected chi connectivity index (χ1v) is 24.3. The van der Waals surface area contributed by atoms with Gasteiger partial charge in [-0.1, -0.05) is 63.5 Å². The number of rotatable bonds is 0. The largest absolute Gasteiger partial charge is 0.462 e. The molecule has 8 fully saturated rings. The zero-order chi connectivity index (χ0) is 41.7. The van der Waals surface area contributed by atoms with Crippen LogP contribution in [0.3, 0.4) is 0 Å². The topological polar surface area (TPSA) is 93.1 Å². The third-order valence-electron chi connectivity index (χ3n) is 20.6. The molecule has 0 amide bonds. The van der Waals surface area contributed by atoms with Crippen molar-refractivity contribution in [3.05, 3.63) is 47.5 Å². The molecular weight excluding hydrogens is 745 g/mol. The van der Waals surface area contributed by atoms with Gasteiger partial charge in [0.25, 0.3) is 0 Å². The van der Waals surface area contributed by atoms with Gasteiger partial charge >= 0.3 is 11.9 Å². The van der Waals surface area contributed by atoms with Crippen molar-refractivity contribution in [3.63, 3.8) is 0 Å². The van der Waals surface area contributed by atoms with Crippen LogP contribution in [0, 0.1) is 92.7 Å². The number of ether oxygens (including phenoxy) is 2. The summed E-state index contributed by atoms with van der Waals surface area (Å²) in [5.74, 6) is 17.8. The van der Waals surface area contributed by atoms with Gasteiger partial charge in [-0.2, -0.15) is 0 Å². The molecule has 0 radical (unpaired) electrons. The van der Waals surface area contributed by atoms with Crippen LogP contribution in [-0.2, 0) is 19.1 Å². The Balaban J connectivity index is 0.908. The van der Waals surface area contributed by atoms with Gasteiger partial charge < -0.3 is 19.7 Å². The maximum absolute atomic E-state index is 13.1. The summed E-state index contributed by atoms with van der Waals surface area (Å²) in [4.78, 5) is 26.1. The first kappa shape index (κ1) is 41.0. The molecule has 322 valence electrons. The SMILES string of the molecule is C[C@]12CC[C@H]3C[C@@H]1CC[C@@H]1[C@@H]2CC[C@@]2(C)[C@H]1CC[C@@]2(O)C#Cc1ccc(cc1)C#C[C@]1(O)CC[C@H]2[C@@H]4CC[C@H]5C[C@H](CC[C@]5(C)[C@H]4CC[C@@]21C)OC(=O)C/C=C/CC(=O)O3. The third-order valence-corrected chi connectivity index (χ3v) is 20.6. The highest BCUT2D eigenvalue weighted by molar-refractivity contribution is 5.73. The Hall–Kier alpha value is -3.06. The van der Waals surface area contributed by atoms with Crippen molar-refractivity contribution < 1.29 is 29.3 Å². The van der Waals surface area contributed by atoms with Gasteiger partial charge in [-0.05, 0) is 198 Å². The lowest BCUT2D eigenvalue weighted by Gasteiger charge is -2.61. The zero-order valence-corrected chi connectivity index (χ0v) is 36.9. The first-order valence-electron chi connectivity index (χ1n) is 24.3. The van der Waals surface area contributed by atoms with E-state index >= 15 is 0 Å². The summed E-state index contributed by atoms with van der Waals surface area (Å²) in [5, 5.41) is 24.7. The predicted molar refractivity (Wildman–Crippen MR) is 232 cm³/mol. The summed E-state index contributed by atoms with van der Waals surface area (Å²) in [7, 11) is 0. The molecule has 1 aromatic rings. The lowest BCUT2D eigenvalue weighted by molar-refractivity contribution is -0.166. The van der Waals surface area contributed by atoms with Gasteiger partial charge in [-0.25, -0.2) is 0 Å². The summed E-state index contributed by atoms with van der Waals surface area (Å²) in [5.41, 5.74) is -0.237. The molecule has 8 aliphatic carbocycles. The van der Waals surface area contributed by atoms with Crippen LogP contribution in [0.5, 0.6) is 0 Å². The highest BCUT2D eigenvalue weighted by Gasteiger charge is 2.66. The van der Waals surface area contributed by atoms with Crippen molar-refractivity contribution in [2.75, 3.05) is 0 Å². The summed E-state index contributed by atoms with van der Waals surface area (Å²) >= 11 is 0. The van der Waals surface area contributed by atoms with Crippen LogP contribution < -0.4 is 0 Å². The molecule has 18 bridgehead atoms. The molecule has 1 aromatic carbocycles. The van der Waals surface area contributed by atoms with E-state index in [0.717, 1.165) is 114 Å². The van der Waals surface area contributed by atoms with Gasteiger partial charge in [-0.15, -0.1) is 0 Å². The second-order valence-electron chi connectivity index (χ2n) is 22.8. The second-order valence-corrected chi connectivity index (χ2v) is 22.8. The maximum Gasteiger partial charge on any atom is 0.309 e. The molecular formula is C54H70O6. The van der Waals surface area contributed by atoms with Crippen LogP contribution in [-0.4, -0.2) is 45.6 Å². The summed E-state index contributed by atoms with van der Waals surface area (Å²) in [6, 6.07) is 8.14. The second kappa shape index (κ2) is 14.8. The van der Waals surface area contributed by atoms with Crippen LogP contribution in [0.15, 0.2) is 36.4 Å². The number of carbonyl (C=O) groups excluding carboxylic acids is 2. The van der Waals surface area contributed by atoms with E-state index in [9.17, 15) is 19.8 Å². The smallest absolute Gasteiger partial charge is 0.309 e. The molecule has 16 atom stereocenters. The number of aliphatic hydroxyl groups is 2. The minimum atomic E-state index is -1.01. The van der Waals surface area contributed by atoms with Crippen molar-refractivity contribution in [2.24, 2.45) is 69.0 Å². The van der Waals surface area contributed by atoms with Crippen LogP contribution in [0.1, 0.15) is 167 Å². The standard InChI is InChI=1S/C54H70O6/c1-49-25-19-39-33-37(49)13-15-41-43(49)21-27-51(3)45(41)23-31-53(51,57)29-17-35-9-11-36(12-10-35)18-30-54(58)32-24-46-42-16-14-38-34-40(60-48(56)8-6-5-7-47(55)59-39)20-26-50(38,2)44(42)22-28-52(46,54)4/h5-6,9-12,37-46,57-58H,7-8,13-16,19-28,31-34H2,1-4H3/b6-5+/t37-,38-,39-,40-,41+,42+,43-,44-,45-,46-,49-,50-,51-,52-,53-,54-/m0/s1. The fourth-order valence-electron chi connectivity index (χ4n) is 16.9. The summed E-state index contributed by atoms with van der Waals surface area (Å²) < 4.78 is 12.2. The molecule has 0 saturated heterocycles. The number of esters is 2. The Labute approximate surface area is 359 Å². The van der Waals surface area contributed by atoms with Gasteiger partial charge in [-0.3, -0.25) is 9.59 Å². The fourth-order valence-corrected chi connectivity index (χ4v) is 16.9. The summed E-state index contributed by atoms with van der Waals surface area (Å²) in [6.07, 6.45) is 22.1. The van der Waals surface area contributed by atoms with Crippen molar-refractivity contribution in [1.29, 1.82) is 0 Å². The average Bonchev–Trinajstić information content (AvgIpc) is 3.66. The Morgan fingerprint density at radius 2 is 0.917 bits per heavy atom. The Bertz CT molecular complexity index is 1890. The molecule has 7 heterocycles. The summed E-state index contributed by atoms with van der Waals surface area (Å²) in [6.45, 7) is 9.69. The van der Waals surface area contributed by atoms with Crippen LogP contribution in [0.4, 0.5) is 0 Å². The number of carbonyl (C=O) groups is 2. The van der Waals surface area contributed by atoms with E-state index in [-0.39, 0.29) is 58.6 Å². The van der Waals surface area contributed by atoms with E-state index in [0.29, 0.717) is 47.3 Å². The quantitative estimate of drug-likeness (QED) is 0.154. The highest BCUT2D eigenvalue weighted by Crippen LogP contribution is 2.70. The molecule has 0 spiro atoms. The van der Waals surface area contributed by atoms with Crippen LogP contribution in [0.25, 0.3) is 0 Å². The van der Waals surface area contributed by atoms with Gasteiger partial charge in [0.2, 0.25) is 0 Å². The molecule has 0 aromatic heterocycles. The van der Waals surface area contributed by atoms with E-state index in [1.165, 1.54) is 12.8 Å². The molecule has 0 unspecified atom stereocenters. The lowest BCUT2D eigenvalue weighted by atomic mass is 9.44. The molecule has 60 heavy (non-hydrogen) atoms. The molecule has 2 N–H and O–H groups in total. The number of hydrogen-bond acceptors (Lipinski definition) is 6. The molecule has 8 saturated carbocycles. The maximum atomic E-state index is 13.1. The first-order chi connectivity index (χ1) is 28.7. The molecule has 6 heteroatoms. The van der Waals surface area contributed by atoms with E-state index in [4.69, 9.17) is 9.47 Å².